The van der Waals surface area contributed by atoms with E-state index in [4.69, 9.17) is 14.7 Å². The maximum absolute atomic E-state index is 11.9. The van der Waals surface area contributed by atoms with Gasteiger partial charge in [0.15, 0.2) is 11.5 Å². The highest BCUT2D eigenvalue weighted by Crippen LogP contribution is 2.30. The fourth-order valence-electron chi connectivity index (χ4n) is 2.32. The van der Waals surface area contributed by atoms with Crippen molar-refractivity contribution in [3.05, 3.63) is 54.1 Å². The third kappa shape index (κ3) is 3.87. The van der Waals surface area contributed by atoms with Gasteiger partial charge in [-0.25, -0.2) is 0 Å². The molecular formula is C18H15N3O4. The van der Waals surface area contributed by atoms with Crippen LogP contribution in [0.5, 0.6) is 11.5 Å². The molecule has 0 saturated carbocycles. The summed E-state index contributed by atoms with van der Waals surface area (Å²) in [6.07, 6.45) is -0.391. The average Bonchev–Trinajstić information content (AvgIpc) is 2.66. The first-order chi connectivity index (χ1) is 12.2. The van der Waals surface area contributed by atoms with Crippen LogP contribution in [0.4, 0.5) is 5.69 Å². The smallest absolute Gasteiger partial charge is 0.313 e. The van der Waals surface area contributed by atoms with Crippen molar-refractivity contribution in [2.24, 2.45) is 0 Å². The highest BCUT2D eigenvalue weighted by molar-refractivity contribution is 6.39. The third-order valence-corrected chi connectivity index (χ3v) is 3.56. The number of anilines is 1. The second-order valence-electron chi connectivity index (χ2n) is 5.32. The van der Waals surface area contributed by atoms with Gasteiger partial charge in [0.2, 0.25) is 0 Å². The largest absolute Gasteiger partial charge is 0.486 e. The summed E-state index contributed by atoms with van der Waals surface area (Å²) in [6.45, 7) is 0.399. The van der Waals surface area contributed by atoms with Crippen LogP contribution in [-0.4, -0.2) is 31.1 Å². The van der Waals surface area contributed by atoms with Crippen molar-refractivity contribution in [2.45, 2.75) is 6.10 Å². The predicted molar refractivity (Wildman–Crippen MR) is 89.1 cm³/mol. The number of para-hydroxylation sites is 3. The molecule has 0 bridgehead atoms. The summed E-state index contributed by atoms with van der Waals surface area (Å²) in [6, 6.07) is 15.6. The van der Waals surface area contributed by atoms with E-state index < -0.39 is 17.9 Å². The maximum atomic E-state index is 11.9. The van der Waals surface area contributed by atoms with Crippen molar-refractivity contribution in [3.8, 4) is 17.6 Å². The summed E-state index contributed by atoms with van der Waals surface area (Å²) in [5.74, 6) is -0.411. The lowest BCUT2D eigenvalue weighted by atomic mass is 10.2. The molecule has 1 aliphatic rings. The molecule has 0 saturated heterocycles. The minimum absolute atomic E-state index is 0.125. The molecule has 2 aromatic carbocycles. The Kier molecular flexibility index (Phi) is 4.81. The molecule has 2 aromatic rings. The Morgan fingerprint density at radius 2 is 1.80 bits per heavy atom. The zero-order valence-electron chi connectivity index (χ0n) is 13.2. The van der Waals surface area contributed by atoms with Gasteiger partial charge in [-0.15, -0.1) is 0 Å². The molecule has 126 valence electrons. The van der Waals surface area contributed by atoms with E-state index in [9.17, 15) is 9.59 Å². The fraction of sp³-hybridized carbons (Fsp3) is 0.167. The van der Waals surface area contributed by atoms with Gasteiger partial charge in [0.25, 0.3) is 0 Å². The van der Waals surface area contributed by atoms with Gasteiger partial charge in [0.1, 0.15) is 18.8 Å². The number of hydrogen-bond donors (Lipinski definition) is 2. The molecule has 3 rings (SSSR count). The SMILES string of the molecule is N#Cc1ccccc1NC(=O)C(=O)NCC1COc2ccccc2O1. The van der Waals surface area contributed by atoms with Crippen molar-refractivity contribution in [3.63, 3.8) is 0 Å². The lowest BCUT2D eigenvalue weighted by Crippen LogP contribution is -2.44. The van der Waals surface area contributed by atoms with E-state index in [2.05, 4.69) is 10.6 Å². The summed E-state index contributed by atoms with van der Waals surface area (Å²) in [5.41, 5.74) is 0.570. The van der Waals surface area contributed by atoms with E-state index in [-0.39, 0.29) is 24.4 Å². The van der Waals surface area contributed by atoms with Crippen LogP contribution in [0.25, 0.3) is 0 Å². The van der Waals surface area contributed by atoms with E-state index in [0.717, 1.165) is 0 Å². The molecule has 1 heterocycles. The van der Waals surface area contributed by atoms with Crippen molar-refractivity contribution < 1.29 is 19.1 Å². The molecule has 0 spiro atoms. The van der Waals surface area contributed by atoms with Crippen LogP contribution in [0.2, 0.25) is 0 Å². The molecule has 7 heteroatoms. The second-order valence-corrected chi connectivity index (χ2v) is 5.32. The Morgan fingerprint density at radius 3 is 2.60 bits per heavy atom. The van der Waals surface area contributed by atoms with E-state index >= 15 is 0 Å². The molecule has 1 atom stereocenters. The summed E-state index contributed by atoms with van der Waals surface area (Å²) >= 11 is 0. The van der Waals surface area contributed by atoms with Gasteiger partial charge in [0.05, 0.1) is 17.8 Å². The number of carbonyl (C=O) groups is 2. The summed E-state index contributed by atoms with van der Waals surface area (Å²) in [7, 11) is 0. The molecule has 7 nitrogen and oxygen atoms in total. The zero-order valence-corrected chi connectivity index (χ0v) is 13.2. The molecule has 2 amide bonds. The first-order valence-corrected chi connectivity index (χ1v) is 7.64. The molecule has 2 N–H and O–H groups in total. The molecule has 1 unspecified atom stereocenters. The van der Waals surface area contributed by atoms with Crippen LogP contribution in [-0.2, 0) is 9.59 Å². The Morgan fingerprint density at radius 1 is 1.08 bits per heavy atom. The minimum atomic E-state index is -0.847. The molecular weight excluding hydrogens is 322 g/mol. The number of carbonyl (C=O) groups excluding carboxylic acids is 2. The predicted octanol–water partition coefficient (Wildman–Crippen LogP) is 1.45. The lowest BCUT2D eigenvalue weighted by Gasteiger charge is -2.26. The first-order valence-electron chi connectivity index (χ1n) is 7.64. The van der Waals surface area contributed by atoms with Crippen LogP contribution >= 0.6 is 0 Å². The minimum Gasteiger partial charge on any atom is -0.486 e. The number of fused-ring (bicyclic) bond motifs is 1. The quantitative estimate of drug-likeness (QED) is 0.826. The van der Waals surface area contributed by atoms with E-state index in [1.165, 1.54) is 0 Å². The lowest BCUT2D eigenvalue weighted by molar-refractivity contribution is -0.136. The first kappa shape index (κ1) is 16.3. The molecule has 0 aliphatic carbocycles. The Labute approximate surface area is 144 Å². The highest BCUT2D eigenvalue weighted by atomic mass is 16.6. The summed E-state index contributed by atoms with van der Waals surface area (Å²) < 4.78 is 11.2. The van der Waals surface area contributed by atoms with Crippen molar-refractivity contribution in [2.75, 3.05) is 18.5 Å². The van der Waals surface area contributed by atoms with Gasteiger partial charge in [-0.3, -0.25) is 9.59 Å². The van der Waals surface area contributed by atoms with E-state index in [1.54, 1.807) is 36.4 Å². The monoisotopic (exact) mass is 337 g/mol. The van der Waals surface area contributed by atoms with Crippen molar-refractivity contribution in [1.82, 2.24) is 5.32 Å². The van der Waals surface area contributed by atoms with Gasteiger partial charge in [-0.2, -0.15) is 5.26 Å². The summed E-state index contributed by atoms with van der Waals surface area (Å²) in [4.78, 5) is 23.9. The number of hydrogen-bond acceptors (Lipinski definition) is 5. The number of nitriles is 1. The Bertz CT molecular complexity index is 844. The van der Waals surface area contributed by atoms with Crippen molar-refractivity contribution >= 4 is 17.5 Å². The normalized spacial score (nSPS) is 14.9. The second kappa shape index (κ2) is 7.36. The Balaban J connectivity index is 1.53. The maximum Gasteiger partial charge on any atom is 0.313 e. The summed E-state index contributed by atoms with van der Waals surface area (Å²) in [5, 5.41) is 13.9. The van der Waals surface area contributed by atoms with Crippen LogP contribution in [0.3, 0.4) is 0 Å². The van der Waals surface area contributed by atoms with Gasteiger partial charge >= 0.3 is 11.8 Å². The van der Waals surface area contributed by atoms with Crippen LogP contribution in [0.15, 0.2) is 48.5 Å². The van der Waals surface area contributed by atoms with Gasteiger partial charge in [0, 0.05) is 0 Å². The molecule has 0 aromatic heterocycles. The highest BCUT2D eigenvalue weighted by Gasteiger charge is 2.23. The zero-order chi connectivity index (χ0) is 17.6. The van der Waals surface area contributed by atoms with Crippen LogP contribution in [0, 0.1) is 11.3 Å². The number of benzene rings is 2. The van der Waals surface area contributed by atoms with Crippen molar-refractivity contribution in [1.29, 1.82) is 5.26 Å². The Hall–Kier alpha value is -3.53. The third-order valence-electron chi connectivity index (χ3n) is 3.56. The number of nitrogens with zero attached hydrogens (tertiary/aromatic N) is 1. The van der Waals surface area contributed by atoms with E-state index in [1.807, 2.05) is 18.2 Å². The fourth-order valence-corrected chi connectivity index (χ4v) is 2.32. The number of nitrogens with one attached hydrogen (secondary N) is 2. The van der Waals surface area contributed by atoms with E-state index in [0.29, 0.717) is 11.5 Å². The molecule has 0 fully saturated rings. The van der Waals surface area contributed by atoms with Crippen LogP contribution < -0.4 is 20.1 Å². The van der Waals surface area contributed by atoms with Gasteiger partial charge in [-0.1, -0.05) is 24.3 Å². The topological polar surface area (TPSA) is 100 Å². The average molecular weight is 337 g/mol. The number of rotatable bonds is 3. The van der Waals surface area contributed by atoms with Gasteiger partial charge in [-0.05, 0) is 24.3 Å². The van der Waals surface area contributed by atoms with Crippen LogP contribution in [0.1, 0.15) is 5.56 Å². The van der Waals surface area contributed by atoms with Gasteiger partial charge < -0.3 is 20.1 Å². The molecule has 25 heavy (non-hydrogen) atoms. The standard InChI is InChI=1S/C18H15N3O4/c19-9-12-5-1-2-6-14(12)21-18(23)17(22)20-10-13-11-24-15-7-3-4-8-16(15)25-13/h1-8,13H,10-11H2,(H,20,22)(H,21,23). The molecule has 1 aliphatic heterocycles. The molecule has 0 radical (unpaired) electrons. The number of ether oxygens (including phenoxy) is 2. The number of amides is 2.